The maximum absolute atomic E-state index is 12.9. The third-order valence-electron chi connectivity index (χ3n) is 9.11. The van der Waals surface area contributed by atoms with Crippen LogP contribution in [0, 0.1) is 23.7 Å². The summed E-state index contributed by atoms with van der Waals surface area (Å²) in [6, 6.07) is 9.74. The molecule has 1 aromatic carbocycles. The van der Waals surface area contributed by atoms with E-state index in [1.165, 1.54) is 44.9 Å². The molecular weight excluding hydrogens is 370 g/mol. The van der Waals surface area contributed by atoms with Gasteiger partial charge in [0.15, 0.2) is 0 Å². The molecule has 3 N–H and O–H groups in total. The standard InChI is InChI=1S/C26H39N3O/c1-16-7-9-18-11-19(16)13-22(12-18)29-21-10-8-17(2)25(29)15-20(14-21)28-26(30)23-5-3-4-6-24(23)27/h3-6,16-22,25H,7-15,27H2,1-2H3,(H,28,30)/t16-,17-,18-,19+,20?,21+,22?,25+/m0/s1. The van der Waals surface area contributed by atoms with E-state index in [9.17, 15) is 4.79 Å². The van der Waals surface area contributed by atoms with Crippen molar-refractivity contribution in [3.8, 4) is 0 Å². The Labute approximate surface area is 182 Å². The van der Waals surface area contributed by atoms with Gasteiger partial charge in [0, 0.05) is 29.9 Å². The molecule has 1 aromatic rings. The molecule has 0 radical (unpaired) electrons. The number of para-hydroxylation sites is 1. The number of hydrogen-bond donors (Lipinski definition) is 2. The van der Waals surface area contributed by atoms with Crippen molar-refractivity contribution >= 4 is 11.6 Å². The van der Waals surface area contributed by atoms with Crippen LogP contribution in [0.3, 0.4) is 0 Å². The Hall–Kier alpha value is -1.55. The molecule has 4 fully saturated rings. The number of nitrogens with zero attached hydrogens (tertiary/aromatic N) is 1. The van der Waals surface area contributed by atoms with Crippen LogP contribution in [0.5, 0.6) is 0 Å². The van der Waals surface area contributed by atoms with Gasteiger partial charge in [0.1, 0.15) is 0 Å². The second-order valence-electron chi connectivity index (χ2n) is 11.0. The molecule has 2 saturated carbocycles. The molecule has 4 nitrogen and oxygen atoms in total. The zero-order valence-corrected chi connectivity index (χ0v) is 18.7. The number of carbonyl (C=O) groups is 1. The first kappa shape index (κ1) is 20.4. The quantitative estimate of drug-likeness (QED) is 0.702. The Bertz CT molecular complexity index is 779. The average molecular weight is 410 g/mol. The van der Waals surface area contributed by atoms with E-state index in [2.05, 4.69) is 24.1 Å². The van der Waals surface area contributed by atoms with Crippen LogP contribution < -0.4 is 11.1 Å². The number of carbonyl (C=O) groups excluding carboxylic acids is 1. The Balaban J connectivity index is 1.30. The number of benzene rings is 1. The summed E-state index contributed by atoms with van der Waals surface area (Å²) in [5.74, 6) is 3.53. The molecule has 1 amide bonds. The molecule has 30 heavy (non-hydrogen) atoms. The fourth-order valence-electron chi connectivity index (χ4n) is 7.45. The second kappa shape index (κ2) is 8.18. The topological polar surface area (TPSA) is 58.4 Å². The number of hydrogen-bond acceptors (Lipinski definition) is 3. The zero-order chi connectivity index (χ0) is 20.8. The lowest BCUT2D eigenvalue weighted by atomic mass is 9.64. The summed E-state index contributed by atoms with van der Waals surface area (Å²) in [5, 5.41) is 3.35. The Morgan fingerprint density at radius 2 is 1.73 bits per heavy atom. The van der Waals surface area contributed by atoms with Crippen LogP contribution in [0.2, 0.25) is 0 Å². The van der Waals surface area contributed by atoms with E-state index in [0.29, 0.717) is 23.3 Å². The molecular formula is C26H39N3O. The van der Waals surface area contributed by atoms with Crippen molar-refractivity contribution in [3.63, 3.8) is 0 Å². The van der Waals surface area contributed by atoms with Crippen molar-refractivity contribution in [2.24, 2.45) is 23.7 Å². The van der Waals surface area contributed by atoms with E-state index in [1.54, 1.807) is 0 Å². The predicted octanol–water partition coefficient (Wildman–Crippen LogP) is 4.84. The fraction of sp³-hybridized carbons (Fsp3) is 0.731. The highest BCUT2D eigenvalue weighted by molar-refractivity contribution is 5.99. The van der Waals surface area contributed by atoms with Crippen molar-refractivity contribution in [1.82, 2.24) is 10.2 Å². The van der Waals surface area contributed by atoms with Gasteiger partial charge in [0.2, 0.25) is 0 Å². The van der Waals surface area contributed by atoms with Gasteiger partial charge in [-0.25, -0.2) is 0 Å². The van der Waals surface area contributed by atoms with Crippen LogP contribution in [0.25, 0.3) is 0 Å². The number of anilines is 1. The minimum absolute atomic E-state index is 0.00157. The number of rotatable bonds is 3. The van der Waals surface area contributed by atoms with Gasteiger partial charge < -0.3 is 11.1 Å². The van der Waals surface area contributed by atoms with Gasteiger partial charge in [-0.2, -0.15) is 0 Å². The predicted molar refractivity (Wildman–Crippen MR) is 122 cm³/mol. The number of amides is 1. The van der Waals surface area contributed by atoms with E-state index >= 15 is 0 Å². The first-order valence-corrected chi connectivity index (χ1v) is 12.4. The SMILES string of the molecule is C[C@H]1CC[C@@H]2CC(N3[C@@H]4CC[C@H](C)[C@H]3CC(NC(=O)c3ccccc3N)C4)C[C@H]1C2. The highest BCUT2D eigenvalue weighted by atomic mass is 16.1. The van der Waals surface area contributed by atoms with Gasteiger partial charge in [-0.15, -0.1) is 0 Å². The summed E-state index contributed by atoms with van der Waals surface area (Å²) in [6.45, 7) is 4.93. The average Bonchev–Trinajstić information content (AvgIpc) is 2.73. The first-order chi connectivity index (χ1) is 14.5. The molecule has 2 aliphatic carbocycles. The third-order valence-corrected chi connectivity index (χ3v) is 9.11. The van der Waals surface area contributed by atoms with Crippen molar-refractivity contribution in [3.05, 3.63) is 29.8 Å². The van der Waals surface area contributed by atoms with Crippen LogP contribution >= 0.6 is 0 Å². The summed E-state index contributed by atoms with van der Waals surface area (Å²) in [7, 11) is 0. The van der Waals surface area contributed by atoms with Crippen LogP contribution in [0.1, 0.15) is 82.0 Å². The lowest BCUT2D eigenvalue weighted by Crippen LogP contribution is -2.63. The number of nitrogens with one attached hydrogen (secondary N) is 1. The van der Waals surface area contributed by atoms with Crippen molar-refractivity contribution in [2.45, 2.75) is 95.8 Å². The second-order valence-corrected chi connectivity index (χ2v) is 11.0. The van der Waals surface area contributed by atoms with Gasteiger partial charge in [-0.1, -0.05) is 38.8 Å². The van der Waals surface area contributed by atoms with Gasteiger partial charge >= 0.3 is 0 Å². The Morgan fingerprint density at radius 3 is 2.57 bits per heavy atom. The van der Waals surface area contributed by atoms with Gasteiger partial charge in [-0.3, -0.25) is 9.69 Å². The maximum atomic E-state index is 12.9. The van der Waals surface area contributed by atoms with Crippen molar-refractivity contribution < 1.29 is 4.79 Å². The molecule has 4 bridgehead atoms. The highest BCUT2D eigenvalue weighted by Crippen LogP contribution is 2.48. The highest BCUT2D eigenvalue weighted by Gasteiger charge is 2.47. The van der Waals surface area contributed by atoms with Crippen molar-refractivity contribution in [2.75, 3.05) is 5.73 Å². The third kappa shape index (κ3) is 3.77. The summed E-state index contributed by atoms with van der Waals surface area (Å²) >= 11 is 0. The largest absolute Gasteiger partial charge is 0.398 e. The van der Waals surface area contributed by atoms with E-state index in [0.717, 1.165) is 42.6 Å². The molecule has 0 spiro atoms. The molecule has 2 heterocycles. The van der Waals surface area contributed by atoms with Crippen LogP contribution in [-0.2, 0) is 0 Å². The molecule has 5 rings (SSSR count). The number of fused-ring (bicyclic) bond motifs is 4. The number of nitrogens with two attached hydrogens (primary N) is 1. The minimum atomic E-state index is -0.00157. The van der Waals surface area contributed by atoms with Gasteiger partial charge in [0.25, 0.3) is 5.91 Å². The van der Waals surface area contributed by atoms with Crippen LogP contribution in [-0.4, -0.2) is 35.0 Å². The van der Waals surface area contributed by atoms with Crippen LogP contribution in [0.15, 0.2) is 24.3 Å². The van der Waals surface area contributed by atoms with Crippen molar-refractivity contribution in [1.29, 1.82) is 0 Å². The monoisotopic (exact) mass is 409 g/mol. The zero-order valence-electron chi connectivity index (χ0n) is 18.7. The number of piperidine rings is 2. The summed E-state index contributed by atoms with van der Waals surface area (Å²) in [4.78, 5) is 15.8. The maximum Gasteiger partial charge on any atom is 0.253 e. The van der Waals surface area contributed by atoms with Gasteiger partial charge in [-0.05, 0) is 80.8 Å². The normalized spacial score (nSPS) is 41.3. The molecule has 4 heteroatoms. The van der Waals surface area contributed by atoms with E-state index < -0.39 is 0 Å². The lowest BCUT2D eigenvalue weighted by molar-refractivity contribution is -0.0693. The number of nitrogen functional groups attached to an aromatic ring is 1. The molecule has 2 saturated heterocycles. The Kier molecular flexibility index (Phi) is 5.55. The Morgan fingerprint density at radius 1 is 0.933 bits per heavy atom. The van der Waals surface area contributed by atoms with E-state index in [4.69, 9.17) is 5.73 Å². The molecule has 0 aromatic heterocycles. The first-order valence-electron chi connectivity index (χ1n) is 12.4. The molecule has 2 aliphatic heterocycles. The molecule has 2 unspecified atom stereocenters. The fourth-order valence-corrected chi connectivity index (χ4v) is 7.45. The molecule has 164 valence electrons. The van der Waals surface area contributed by atoms with E-state index in [-0.39, 0.29) is 11.9 Å². The van der Waals surface area contributed by atoms with E-state index in [1.807, 2.05) is 24.3 Å². The molecule has 4 aliphatic rings. The van der Waals surface area contributed by atoms with Gasteiger partial charge in [0.05, 0.1) is 5.56 Å². The minimum Gasteiger partial charge on any atom is -0.398 e. The molecule has 8 atom stereocenters. The van der Waals surface area contributed by atoms with Crippen LogP contribution in [0.4, 0.5) is 5.69 Å². The smallest absolute Gasteiger partial charge is 0.253 e. The lowest BCUT2D eigenvalue weighted by Gasteiger charge is -2.57. The summed E-state index contributed by atoms with van der Waals surface area (Å²) in [5.41, 5.74) is 7.24. The summed E-state index contributed by atoms with van der Waals surface area (Å²) < 4.78 is 0. The summed E-state index contributed by atoms with van der Waals surface area (Å²) in [6.07, 6.45) is 12.0.